The van der Waals surface area contributed by atoms with E-state index in [1.807, 2.05) is 31.2 Å². The Morgan fingerprint density at radius 2 is 1.92 bits per heavy atom. The van der Waals surface area contributed by atoms with Crippen LogP contribution in [0.25, 0.3) is 0 Å². The monoisotopic (exact) mass is 355 g/mol. The molecule has 0 atom stereocenters. The van der Waals surface area contributed by atoms with Crippen molar-refractivity contribution in [2.24, 2.45) is 5.10 Å². The lowest BCUT2D eigenvalue weighted by Crippen LogP contribution is -2.26. The van der Waals surface area contributed by atoms with Gasteiger partial charge < -0.3 is 14.8 Å². The number of methoxy groups -OCH3 is 1. The minimum absolute atomic E-state index is 0.108. The fourth-order valence-electron chi connectivity index (χ4n) is 2.17. The average Bonchev–Trinajstić information content (AvgIpc) is 2.61. The molecule has 0 aliphatic heterocycles. The van der Waals surface area contributed by atoms with Crippen molar-refractivity contribution in [2.75, 3.05) is 19.0 Å². The van der Waals surface area contributed by atoms with Gasteiger partial charge in [0, 0.05) is 12.6 Å². The van der Waals surface area contributed by atoms with Gasteiger partial charge in [0.05, 0.1) is 19.9 Å². The molecule has 0 aliphatic carbocycles. The number of anilines is 1. The molecule has 0 spiro atoms. The summed E-state index contributed by atoms with van der Waals surface area (Å²) in [7, 11) is 1.47. The highest BCUT2D eigenvalue weighted by molar-refractivity contribution is 5.85. The van der Waals surface area contributed by atoms with Crippen LogP contribution in [0.5, 0.6) is 11.5 Å². The van der Waals surface area contributed by atoms with E-state index in [1.165, 1.54) is 20.2 Å². The van der Waals surface area contributed by atoms with Crippen molar-refractivity contribution in [3.63, 3.8) is 0 Å². The van der Waals surface area contributed by atoms with Gasteiger partial charge in [-0.15, -0.1) is 0 Å². The topological polar surface area (TPSA) is 89.0 Å². The molecule has 7 heteroatoms. The Morgan fingerprint density at radius 1 is 1.15 bits per heavy atom. The Labute approximate surface area is 152 Å². The van der Waals surface area contributed by atoms with E-state index in [0.717, 1.165) is 11.3 Å². The van der Waals surface area contributed by atoms with Crippen molar-refractivity contribution < 1.29 is 19.1 Å². The third-order valence-corrected chi connectivity index (χ3v) is 3.43. The molecule has 0 bridgehead atoms. The third-order valence-electron chi connectivity index (χ3n) is 3.43. The molecule has 0 saturated carbocycles. The number of hydrazone groups is 1. The Morgan fingerprint density at radius 3 is 2.62 bits per heavy atom. The maximum atomic E-state index is 11.8. The van der Waals surface area contributed by atoms with Crippen LogP contribution in [0, 0.1) is 6.92 Å². The highest BCUT2D eigenvalue weighted by Gasteiger charge is 2.07. The van der Waals surface area contributed by atoms with E-state index in [1.54, 1.807) is 18.2 Å². The van der Waals surface area contributed by atoms with Crippen LogP contribution < -0.4 is 20.2 Å². The molecule has 0 fully saturated rings. The number of aryl methyl sites for hydroxylation is 1. The van der Waals surface area contributed by atoms with E-state index in [2.05, 4.69) is 15.8 Å². The highest BCUT2D eigenvalue weighted by Crippen LogP contribution is 2.27. The zero-order valence-corrected chi connectivity index (χ0v) is 14.9. The molecule has 2 N–H and O–H groups in total. The van der Waals surface area contributed by atoms with Crippen LogP contribution >= 0.6 is 0 Å². The molecule has 2 rings (SSSR count). The van der Waals surface area contributed by atoms with Gasteiger partial charge in [0.25, 0.3) is 5.91 Å². The number of carbonyl (C=O) groups is 2. The number of nitrogens with one attached hydrogen (secondary N) is 2. The van der Waals surface area contributed by atoms with Crippen molar-refractivity contribution in [3.05, 3.63) is 53.6 Å². The van der Waals surface area contributed by atoms with Gasteiger partial charge in [-0.1, -0.05) is 18.2 Å². The Balaban J connectivity index is 1.90. The van der Waals surface area contributed by atoms with Crippen molar-refractivity contribution >= 4 is 23.8 Å². The summed E-state index contributed by atoms with van der Waals surface area (Å²) in [6.07, 6.45) is 1.48. The first-order valence-electron chi connectivity index (χ1n) is 7.97. The van der Waals surface area contributed by atoms with Gasteiger partial charge in [0.1, 0.15) is 0 Å². The third kappa shape index (κ3) is 5.62. The summed E-state index contributed by atoms with van der Waals surface area (Å²) >= 11 is 0. The molecule has 0 radical (unpaired) electrons. The smallest absolute Gasteiger partial charge is 0.308 e. The number of esters is 1. The minimum Gasteiger partial charge on any atom is -0.493 e. The molecular weight excluding hydrogens is 334 g/mol. The number of hydrogen-bond acceptors (Lipinski definition) is 6. The number of para-hydroxylation sites is 1. The number of benzene rings is 2. The zero-order chi connectivity index (χ0) is 18.9. The Bertz CT molecular complexity index is 818. The van der Waals surface area contributed by atoms with E-state index in [-0.39, 0.29) is 12.5 Å². The van der Waals surface area contributed by atoms with E-state index in [9.17, 15) is 9.59 Å². The number of amides is 1. The van der Waals surface area contributed by atoms with Crippen LogP contribution in [0.2, 0.25) is 0 Å². The summed E-state index contributed by atoms with van der Waals surface area (Å²) in [6, 6.07) is 12.7. The number of nitrogens with zero attached hydrogens (tertiary/aromatic N) is 1. The molecule has 0 unspecified atom stereocenters. The molecule has 1 amide bonds. The molecule has 0 saturated heterocycles. The number of ether oxygens (including phenoxy) is 2. The maximum absolute atomic E-state index is 11.8. The maximum Gasteiger partial charge on any atom is 0.308 e. The van der Waals surface area contributed by atoms with E-state index >= 15 is 0 Å². The second kappa shape index (κ2) is 9.22. The first-order chi connectivity index (χ1) is 12.5. The predicted molar refractivity (Wildman–Crippen MR) is 99.7 cm³/mol. The lowest BCUT2D eigenvalue weighted by Gasteiger charge is -2.08. The molecule has 0 heterocycles. The Hall–Kier alpha value is -3.35. The van der Waals surface area contributed by atoms with Gasteiger partial charge in [0.15, 0.2) is 11.5 Å². The first kappa shape index (κ1) is 19.0. The Kier molecular flexibility index (Phi) is 6.73. The molecule has 136 valence electrons. The highest BCUT2D eigenvalue weighted by atomic mass is 16.6. The molecule has 2 aromatic rings. The second-order valence-corrected chi connectivity index (χ2v) is 5.47. The minimum atomic E-state index is -0.432. The van der Waals surface area contributed by atoms with Gasteiger partial charge in [0.2, 0.25) is 0 Å². The van der Waals surface area contributed by atoms with Crippen LogP contribution in [-0.2, 0) is 9.59 Å². The van der Waals surface area contributed by atoms with Gasteiger partial charge in [-0.2, -0.15) is 5.10 Å². The lowest BCUT2D eigenvalue weighted by atomic mass is 10.2. The van der Waals surface area contributed by atoms with Crippen LogP contribution in [0.3, 0.4) is 0 Å². The van der Waals surface area contributed by atoms with Gasteiger partial charge in [-0.3, -0.25) is 9.59 Å². The molecular formula is C19H21N3O4. The van der Waals surface area contributed by atoms with Crippen LogP contribution in [-0.4, -0.2) is 31.7 Å². The quantitative estimate of drug-likeness (QED) is 0.345. The molecule has 2 aromatic carbocycles. The lowest BCUT2D eigenvalue weighted by molar-refractivity contribution is -0.132. The standard InChI is InChI=1S/C19H21N3O4/c1-13-6-4-5-7-16(13)20-12-19(24)22-21-11-15-8-9-17(26-14(2)23)18(10-15)25-3/h4-11,20H,12H2,1-3H3,(H,22,24). The van der Waals surface area contributed by atoms with Crippen LogP contribution in [0.15, 0.2) is 47.6 Å². The molecule has 0 aliphatic rings. The normalized spacial score (nSPS) is 10.4. The summed E-state index contributed by atoms with van der Waals surface area (Å²) in [6.45, 7) is 3.39. The molecule has 7 nitrogen and oxygen atoms in total. The SMILES string of the molecule is COc1cc(C=NNC(=O)CNc2ccccc2C)ccc1OC(C)=O. The van der Waals surface area contributed by atoms with E-state index < -0.39 is 5.97 Å². The summed E-state index contributed by atoms with van der Waals surface area (Å²) in [5.74, 6) is 0.0199. The van der Waals surface area contributed by atoms with E-state index in [0.29, 0.717) is 17.1 Å². The van der Waals surface area contributed by atoms with Crippen molar-refractivity contribution in [1.29, 1.82) is 0 Å². The predicted octanol–water partition coefficient (Wildman–Crippen LogP) is 2.49. The van der Waals surface area contributed by atoms with Gasteiger partial charge >= 0.3 is 5.97 Å². The summed E-state index contributed by atoms with van der Waals surface area (Å²) in [5, 5.41) is 6.97. The fraction of sp³-hybridized carbons (Fsp3) is 0.211. The zero-order valence-electron chi connectivity index (χ0n) is 14.9. The number of hydrogen-bond donors (Lipinski definition) is 2. The van der Waals surface area contributed by atoms with E-state index in [4.69, 9.17) is 9.47 Å². The average molecular weight is 355 g/mol. The summed E-state index contributed by atoms with van der Waals surface area (Å²) < 4.78 is 10.2. The van der Waals surface area contributed by atoms with Crippen LogP contribution in [0.1, 0.15) is 18.1 Å². The second-order valence-electron chi connectivity index (χ2n) is 5.47. The summed E-state index contributed by atoms with van der Waals surface area (Å²) in [4.78, 5) is 22.9. The van der Waals surface area contributed by atoms with Crippen molar-refractivity contribution in [2.45, 2.75) is 13.8 Å². The fourth-order valence-corrected chi connectivity index (χ4v) is 2.17. The van der Waals surface area contributed by atoms with Crippen LogP contribution in [0.4, 0.5) is 5.69 Å². The first-order valence-corrected chi connectivity index (χ1v) is 7.97. The van der Waals surface area contributed by atoms with Crippen molar-refractivity contribution in [3.8, 4) is 11.5 Å². The molecule has 26 heavy (non-hydrogen) atoms. The van der Waals surface area contributed by atoms with Crippen molar-refractivity contribution in [1.82, 2.24) is 5.43 Å². The number of rotatable bonds is 7. The number of carbonyl (C=O) groups excluding carboxylic acids is 2. The molecule has 0 aromatic heterocycles. The van der Waals surface area contributed by atoms with Gasteiger partial charge in [-0.25, -0.2) is 5.43 Å². The van der Waals surface area contributed by atoms with Gasteiger partial charge in [-0.05, 0) is 42.3 Å². The summed E-state index contributed by atoms with van der Waals surface area (Å²) in [5.41, 5.74) is 5.09. The largest absolute Gasteiger partial charge is 0.493 e.